The molecular weight excluding hydrogens is 258 g/mol. The number of amides is 1. The Labute approximate surface area is 120 Å². The van der Waals surface area contributed by atoms with E-state index in [0.717, 1.165) is 25.7 Å². The van der Waals surface area contributed by atoms with E-state index in [4.69, 9.17) is 0 Å². The van der Waals surface area contributed by atoms with Crippen molar-refractivity contribution in [1.82, 2.24) is 4.90 Å². The lowest BCUT2D eigenvalue weighted by atomic mass is 9.89. The molecule has 0 aliphatic heterocycles. The molecule has 0 bridgehead atoms. The summed E-state index contributed by atoms with van der Waals surface area (Å²) in [7, 11) is 1.71. The summed E-state index contributed by atoms with van der Waals surface area (Å²) >= 11 is 0. The van der Waals surface area contributed by atoms with Crippen molar-refractivity contribution in [2.45, 2.75) is 57.6 Å². The molecule has 114 valence electrons. The minimum atomic E-state index is -0.870. The lowest BCUT2D eigenvalue weighted by Gasteiger charge is -2.37. The Morgan fingerprint density at radius 2 is 1.70 bits per heavy atom. The number of carboxylic acid groups (broad SMARTS) is 1. The van der Waals surface area contributed by atoms with Crippen molar-refractivity contribution >= 4 is 11.9 Å². The predicted octanol–water partition coefficient (Wildman–Crippen LogP) is 1.50. The van der Waals surface area contributed by atoms with Crippen LogP contribution in [0.4, 0.5) is 0 Å². The van der Waals surface area contributed by atoms with Crippen LogP contribution < -0.4 is 0 Å². The maximum absolute atomic E-state index is 12.6. The Bertz CT molecular complexity index is 384. The number of nitrogens with zero attached hydrogens (tertiary/aromatic N) is 1. The first-order chi connectivity index (χ1) is 9.41. The van der Waals surface area contributed by atoms with Gasteiger partial charge in [0.1, 0.15) is 0 Å². The van der Waals surface area contributed by atoms with Gasteiger partial charge in [-0.25, -0.2) is 0 Å². The monoisotopic (exact) mass is 283 g/mol. The zero-order valence-corrected chi connectivity index (χ0v) is 12.3. The van der Waals surface area contributed by atoms with Gasteiger partial charge >= 0.3 is 5.97 Å². The quantitative estimate of drug-likeness (QED) is 0.822. The third-order valence-corrected chi connectivity index (χ3v) is 4.97. The van der Waals surface area contributed by atoms with E-state index in [9.17, 15) is 19.8 Å². The number of likely N-dealkylation sites (N-methyl/N-ethyl adjacent to an activating group) is 1. The zero-order chi connectivity index (χ0) is 14.9. The smallest absolute Gasteiger partial charge is 0.307 e. The second kappa shape index (κ2) is 6.12. The second-order valence-corrected chi connectivity index (χ2v) is 6.50. The third kappa shape index (κ3) is 2.97. The molecule has 5 nitrogen and oxygen atoms in total. The van der Waals surface area contributed by atoms with Gasteiger partial charge in [-0.15, -0.1) is 0 Å². The molecule has 0 aromatic rings. The van der Waals surface area contributed by atoms with Gasteiger partial charge in [0.2, 0.25) is 5.91 Å². The van der Waals surface area contributed by atoms with Gasteiger partial charge in [0.25, 0.3) is 0 Å². The molecule has 20 heavy (non-hydrogen) atoms. The zero-order valence-electron chi connectivity index (χ0n) is 12.3. The van der Waals surface area contributed by atoms with Crippen molar-refractivity contribution in [3.05, 3.63) is 0 Å². The van der Waals surface area contributed by atoms with E-state index in [-0.39, 0.29) is 17.9 Å². The van der Waals surface area contributed by atoms with Crippen molar-refractivity contribution in [3.63, 3.8) is 0 Å². The van der Waals surface area contributed by atoms with Crippen LogP contribution >= 0.6 is 0 Å². The number of carbonyl (C=O) groups is 2. The summed E-state index contributed by atoms with van der Waals surface area (Å²) in [5.74, 6) is -1.70. The van der Waals surface area contributed by atoms with Gasteiger partial charge in [-0.05, 0) is 31.6 Å². The normalized spacial score (nSPS) is 37.6. The van der Waals surface area contributed by atoms with Crippen LogP contribution in [0.25, 0.3) is 0 Å². The first-order valence-electron chi connectivity index (χ1n) is 7.59. The minimum Gasteiger partial charge on any atom is -0.481 e. The third-order valence-electron chi connectivity index (χ3n) is 4.97. The van der Waals surface area contributed by atoms with Crippen LogP contribution in [0, 0.1) is 17.8 Å². The Morgan fingerprint density at radius 1 is 1.10 bits per heavy atom. The number of aliphatic carboxylic acids is 1. The molecule has 1 amide bonds. The van der Waals surface area contributed by atoms with E-state index in [1.807, 2.05) is 6.92 Å². The van der Waals surface area contributed by atoms with Crippen LogP contribution in [0.5, 0.6) is 0 Å². The van der Waals surface area contributed by atoms with Gasteiger partial charge in [0.15, 0.2) is 0 Å². The van der Waals surface area contributed by atoms with E-state index < -0.39 is 23.9 Å². The molecule has 0 spiro atoms. The fourth-order valence-corrected chi connectivity index (χ4v) is 3.81. The highest BCUT2D eigenvalue weighted by Crippen LogP contribution is 2.38. The van der Waals surface area contributed by atoms with E-state index in [2.05, 4.69) is 0 Å². The van der Waals surface area contributed by atoms with E-state index >= 15 is 0 Å². The Kier molecular flexibility index (Phi) is 4.68. The first-order valence-corrected chi connectivity index (χ1v) is 7.59. The van der Waals surface area contributed by atoms with Crippen LogP contribution in [-0.4, -0.2) is 46.2 Å². The topological polar surface area (TPSA) is 77.8 Å². The molecule has 2 aliphatic carbocycles. The molecule has 5 unspecified atom stereocenters. The largest absolute Gasteiger partial charge is 0.481 e. The molecule has 2 rings (SSSR count). The predicted molar refractivity (Wildman–Crippen MR) is 74.0 cm³/mol. The van der Waals surface area contributed by atoms with Crippen molar-refractivity contribution in [3.8, 4) is 0 Å². The van der Waals surface area contributed by atoms with Gasteiger partial charge < -0.3 is 15.1 Å². The van der Waals surface area contributed by atoms with Gasteiger partial charge in [-0.2, -0.15) is 0 Å². The maximum atomic E-state index is 12.6. The fourth-order valence-electron chi connectivity index (χ4n) is 3.81. The van der Waals surface area contributed by atoms with Crippen molar-refractivity contribution < 1.29 is 19.8 Å². The molecule has 0 radical (unpaired) electrons. The van der Waals surface area contributed by atoms with Crippen LogP contribution in [0.15, 0.2) is 0 Å². The van der Waals surface area contributed by atoms with E-state index in [1.54, 1.807) is 11.9 Å². The Balaban J connectivity index is 2.07. The van der Waals surface area contributed by atoms with E-state index in [0.29, 0.717) is 12.8 Å². The van der Waals surface area contributed by atoms with Gasteiger partial charge in [-0.1, -0.05) is 19.8 Å². The number of rotatable bonds is 3. The van der Waals surface area contributed by atoms with Gasteiger partial charge in [0, 0.05) is 7.05 Å². The number of aliphatic hydroxyl groups excluding tert-OH is 1. The van der Waals surface area contributed by atoms with Crippen LogP contribution in [0.2, 0.25) is 0 Å². The molecule has 0 aromatic carbocycles. The number of hydrogen-bond donors (Lipinski definition) is 2. The van der Waals surface area contributed by atoms with Crippen molar-refractivity contribution in [1.29, 1.82) is 0 Å². The number of carbonyl (C=O) groups excluding carboxylic acids is 1. The summed E-state index contributed by atoms with van der Waals surface area (Å²) in [6.45, 7) is 2.00. The molecule has 2 aliphatic rings. The summed E-state index contributed by atoms with van der Waals surface area (Å²) in [5.41, 5.74) is 0. The lowest BCUT2D eigenvalue weighted by molar-refractivity contribution is -0.150. The average molecular weight is 283 g/mol. The highest BCUT2D eigenvalue weighted by atomic mass is 16.4. The summed E-state index contributed by atoms with van der Waals surface area (Å²) in [6.07, 6.45) is 4.30. The SMILES string of the molecule is CC1CC(C(=O)O)C(C(=O)N(C)C2CCCCC2O)C1. The summed E-state index contributed by atoms with van der Waals surface area (Å²) < 4.78 is 0. The fraction of sp³-hybridized carbons (Fsp3) is 0.867. The van der Waals surface area contributed by atoms with Crippen LogP contribution in [0.1, 0.15) is 45.4 Å². The average Bonchev–Trinajstić information content (AvgIpc) is 2.80. The summed E-state index contributed by atoms with van der Waals surface area (Å²) in [6, 6.07) is -0.151. The lowest BCUT2D eigenvalue weighted by Crippen LogP contribution is -2.49. The number of carboxylic acids is 1. The first kappa shape index (κ1) is 15.3. The van der Waals surface area contributed by atoms with E-state index in [1.165, 1.54) is 0 Å². The van der Waals surface area contributed by atoms with Gasteiger partial charge in [0.05, 0.1) is 24.0 Å². The van der Waals surface area contributed by atoms with Gasteiger partial charge in [-0.3, -0.25) is 9.59 Å². The molecular formula is C15H25NO4. The van der Waals surface area contributed by atoms with Crippen LogP contribution in [-0.2, 0) is 9.59 Å². The molecule has 0 heterocycles. The molecule has 5 atom stereocenters. The van der Waals surface area contributed by atoms with Crippen LogP contribution in [0.3, 0.4) is 0 Å². The highest BCUT2D eigenvalue weighted by molar-refractivity contribution is 5.85. The minimum absolute atomic E-state index is 0.104. The highest BCUT2D eigenvalue weighted by Gasteiger charge is 2.44. The molecule has 5 heteroatoms. The number of hydrogen-bond acceptors (Lipinski definition) is 3. The molecule has 2 saturated carbocycles. The Morgan fingerprint density at radius 3 is 2.30 bits per heavy atom. The molecule has 2 fully saturated rings. The number of aliphatic hydroxyl groups is 1. The summed E-state index contributed by atoms with van der Waals surface area (Å²) in [4.78, 5) is 25.5. The second-order valence-electron chi connectivity index (χ2n) is 6.50. The molecule has 0 saturated heterocycles. The molecule has 2 N–H and O–H groups in total. The summed E-state index contributed by atoms with van der Waals surface area (Å²) in [5, 5.41) is 19.3. The standard InChI is InChI=1S/C15H25NO4/c1-9-7-10(11(8-9)15(19)20)14(18)16(2)12-5-3-4-6-13(12)17/h9-13,17H,3-8H2,1-2H3,(H,19,20). The van der Waals surface area contributed by atoms with Crippen molar-refractivity contribution in [2.75, 3.05) is 7.05 Å². The molecule has 0 aromatic heterocycles. The Hall–Kier alpha value is -1.10. The van der Waals surface area contributed by atoms with Crippen molar-refractivity contribution in [2.24, 2.45) is 17.8 Å². The maximum Gasteiger partial charge on any atom is 0.307 e.